The van der Waals surface area contributed by atoms with Gasteiger partial charge in [-0.15, -0.1) is 11.6 Å². The molecule has 1 aromatic carbocycles. The predicted molar refractivity (Wildman–Crippen MR) is 89.7 cm³/mol. The molecule has 0 N–H and O–H groups in total. The third-order valence-corrected chi connectivity index (χ3v) is 5.47. The van der Waals surface area contributed by atoms with Crippen LogP contribution in [0.15, 0.2) is 22.7 Å². The van der Waals surface area contributed by atoms with Gasteiger partial charge in [-0.1, -0.05) is 34.8 Å². The van der Waals surface area contributed by atoms with Crippen LogP contribution in [0.3, 0.4) is 0 Å². The summed E-state index contributed by atoms with van der Waals surface area (Å²) in [7, 11) is 0. The maximum absolute atomic E-state index is 6.08. The van der Waals surface area contributed by atoms with Gasteiger partial charge in [-0.2, -0.15) is 0 Å². The van der Waals surface area contributed by atoms with Crippen LogP contribution in [0.25, 0.3) is 0 Å². The van der Waals surface area contributed by atoms with E-state index in [1.807, 2.05) is 0 Å². The molecule has 0 amide bonds. The molecule has 1 saturated heterocycles. The van der Waals surface area contributed by atoms with Gasteiger partial charge >= 0.3 is 0 Å². The molecular formula is C16H22BrClN2. The highest BCUT2D eigenvalue weighted by molar-refractivity contribution is 9.10. The topological polar surface area (TPSA) is 6.48 Å². The fraction of sp³-hybridized carbons (Fsp3) is 0.625. The van der Waals surface area contributed by atoms with E-state index in [0.29, 0.717) is 5.88 Å². The van der Waals surface area contributed by atoms with E-state index in [1.54, 1.807) is 0 Å². The summed E-state index contributed by atoms with van der Waals surface area (Å²) in [6.45, 7) is 4.63. The third-order valence-electron chi connectivity index (χ3n) is 4.69. The second-order valence-corrected chi connectivity index (χ2v) is 7.05. The molecule has 2 fully saturated rings. The zero-order valence-corrected chi connectivity index (χ0v) is 14.2. The van der Waals surface area contributed by atoms with Crippen molar-refractivity contribution in [3.8, 4) is 0 Å². The normalized spacial score (nSPS) is 21.6. The van der Waals surface area contributed by atoms with Gasteiger partial charge in [0.25, 0.3) is 0 Å². The van der Waals surface area contributed by atoms with Crippen LogP contribution in [0.1, 0.15) is 31.2 Å². The van der Waals surface area contributed by atoms with E-state index in [0.717, 1.165) is 23.6 Å². The van der Waals surface area contributed by atoms with Crippen LogP contribution in [0.5, 0.6) is 0 Å². The van der Waals surface area contributed by atoms with Crippen LogP contribution in [-0.4, -0.2) is 37.1 Å². The molecule has 3 rings (SSSR count). The van der Waals surface area contributed by atoms with E-state index in [1.165, 1.54) is 50.0 Å². The minimum absolute atomic E-state index is 0.589. The van der Waals surface area contributed by atoms with E-state index >= 15 is 0 Å². The van der Waals surface area contributed by atoms with Gasteiger partial charge in [-0.05, 0) is 30.5 Å². The summed E-state index contributed by atoms with van der Waals surface area (Å²) < 4.78 is 1.14. The highest BCUT2D eigenvalue weighted by atomic mass is 79.9. The van der Waals surface area contributed by atoms with Gasteiger partial charge < -0.3 is 4.90 Å². The maximum atomic E-state index is 6.08. The van der Waals surface area contributed by atoms with Crippen molar-refractivity contribution in [3.63, 3.8) is 0 Å². The predicted octanol–water partition coefficient (Wildman–Crippen LogP) is 4.25. The highest BCUT2D eigenvalue weighted by Crippen LogP contribution is 2.29. The van der Waals surface area contributed by atoms with Crippen LogP contribution in [0, 0.1) is 0 Å². The van der Waals surface area contributed by atoms with E-state index in [-0.39, 0.29) is 0 Å². The molecule has 1 aliphatic carbocycles. The Bertz CT molecular complexity index is 452. The second kappa shape index (κ2) is 6.67. The van der Waals surface area contributed by atoms with Crippen molar-refractivity contribution in [1.82, 2.24) is 4.90 Å². The van der Waals surface area contributed by atoms with Gasteiger partial charge in [0, 0.05) is 48.3 Å². The molecule has 110 valence electrons. The highest BCUT2D eigenvalue weighted by Gasteiger charge is 2.26. The quantitative estimate of drug-likeness (QED) is 0.746. The minimum atomic E-state index is 0.589. The molecule has 20 heavy (non-hydrogen) atoms. The first kappa shape index (κ1) is 14.7. The molecule has 1 aromatic rings. The largest absolute Gasteiger partial charge is 0.369 e. The van der Waals surface area contributed by atoms with Crippen LogP contribution >= 0.6 is 27.5 Å². The lowest BCUT2D eigenvalue weighted by molar-refractivity contribution is 0.187. The summed E-state index contributed by atoms with van der Waals surface area (Å²) in [4.78, 5) is 5.19. The second-order valence-electron chi connectivity index (χ2n) is 5.87. The number of rotatable bonds is 3. The van der Waals surface area contributed by atoms with Gasteiger partial charge in [-0.3, -0.25) is 4.90 Å². The Labute approximate surface area is 135 Å². The zero-order chi connectivity index (χ0) is 13.9. The van der Waals surface area contributed by atoms with Gasteiger partial charge in [0.1, 0.15) is 0 Å². The third kappa shape index (κ3) is 3.15. The summed E-state index contributed by atoms with van der Waals surface area (Å²) in [5.41, 5.74) is 2.55. The summed E-state index contributed by atoms with van der Waals surface area (Å²) in [6, 6.07) is 7.28. The summed E-state index contributed by atoms with van der Waals surface area (Å²) in [5.74, 6) is 0.589. The first-order valence-electron chi connectivity index (χ1n) is 7.61. The number of hydrogen-bond donors (Lipinski definition) is 0. The first-order chi connectivity index (χ1) is 9.78. The van der Waals surface area contributed by atoms with E-state index in [9.17, 15) is 0 Å². The molecule has 0 unspecified atom stereocenters. The van der Waals surface area contributed by atoms with Crippen molar-refractivity contribution >= 4 is 33.2 Å². The van der Waals surface area contributed by atoms with Crippen LogP contribution in [0.2, 0.25) is 0 Å². The molecule has 1 saturated carbocycles. The Balaban J connectivity index is 1.67. The number of piperazine rings is 1. The fourth-order valence-electron chi connectivity index (χ4n) is 3.54. The van der Waals surface area contributed by atoms with Gasteiger partial charge in [0.05, 0.1) is 0 Å². The molecule has 4 heteroatoms. The van der Waals surface area contributed by atoms with Gasteiger partial charge in [-0.25, -0.2) is 0 Å². The lowest BCUT2D eigenvalue weighted by atomic mass is 10.1. The van der Waals surface area contributed by atoms with Crippen molar-refractivity contribution in [1.29, 1.82) is 0 Å². The van der Waals surface area contributed by atoms with Crippen LogP contribution in [0.4, 0.5) is 5.69 Å². The average Bonchev–Trinajstić information content (AvgIpc) is 3.02. The average molecular weight is 358 g/mol. The van der Waals surface area contributed by atoms with Crippen molar-refractivity contribution in [2.24, 2.45) is 0 Å². The standard InChI is InChI=1S/C16H22BrClN2/c17-14-6-5-13(12-18)16(11-14)20-9-7-19(8-10-20)15-3-1-2-4-15/h5-6,11,15H,1-4,7-10,12H2. The monoisotopic (exact) mass is 356 g/mol. The lowest BCUT2D eigenvalue weighted by Crippen LogP contribution is -2.49. The maximum Gasteiger partial charge on any atom is 0.0494 e. The molecule has 0 radical (unpaired) electrons. The van der Waals surface area contributed by atoms with E-state index < -0.39 is 0 Å². The fourth-order valence-corrected chi connectivity index (χ4v) is 4.12. The molecule has 0 spiro atoms. The van der Waals surface area contributed by atoms with Crippen LogP contribution < -0.4 is 4.90 Å². The molecule has 0 aromatic heterocycles. The zero-order valence-electron chi connectivity index (χ0n) is 11.8. The van der Waals surface area contributed by atoms with Crippen molar-refractivity contribution in [3.05, 3.63) is 28.2 Å². The van der Waals surface area contributed by atoms with Crippen molar-refractivity contribution in [2.75, 3.05) is 31.1 Å². The molecule has 2 nitrogen and oxygen atoms in total. The number of anilines is 1. The van der Waals surface area contributed by atoms with E-state index in [2.05, 4.69) is 43.9 Å². The Kier molecular flexibility index (Phi) is 4.90. The van der Waals surface area contributed by atoms with Gasteiger partial charge in [0.15, 0.2) is 0 Å². The van der Waals surface area contributed by atoms with Crippen LogP contribution in [-0.2, 0) is 5.88 Å². The Morgan fingerprint density at radius 3 is 2.45 bits per heavy atom. The van der Waals surface area contributed by atoms with Gasteiger partial charge in [0.2, 0.25) is 0 Å². The lowest BCUT2D eigenvalue weighted by Gasteiger charge is -2.39. The molecule has 1 aliphatic heterocycles. The SMILES string of the molecule is ClCc1ccc(Br)cc1N1CCN(C2CCCC2)CC1. The summed E-state index contributed by atoms with van der Waals surface area (Å²) >= 11 is 9.66. The summed E-state index contributed by atoms with van der Waals surface area (Å²) in [6.07, 6.45) is 5.66. The number of alkyl halides is 1. The number of benzene rings is 1. The van der Waals surface area contributed by atoms with Crippen molar-refractivity contribution in [2.45, 2.75) is 37.6 Å². The Hall–Kier alpha value is -0.250. The molecular weight excluding hydrogens is 336 g/mol. The Morgan fingerprint density at radius 2 is 1.80 bits per heavy atom. The molecule has 2 aliphatic rings. The summed E-state index contributed by atoms with van der Waals surface area (Å²) in [5, 5.41) is 0. The minimum Gasteiger partial charge on any atom is -0.369 e. The van der Waals surface area contributed by atoms with Crippen molar-refractivity contribution < 1.29 is 0 Å². The Morgan fingerprint density at radius 1 is 1.10 bits per heavy atom. The first-order valence-corrected chi connectivity index (χ1v) is 8.94. The number of halogens is 2. The smallest absolute Gasteiger partial charge is 0.0494 e. The number of nitrogens with zero attached hydrogens (tertiary/aromatic N) is 2. The van der Waals surface area contributed by atoms with E-state index in [4.69, 9.17) is 11.6 Å². The molecule has 1 heterocycles. The molecule has 0 bridgehead atoms. The number of hydrogen-bond acceptors (Lipinski definition) is 2. The molecule has 0 atom stereocenters.